The highest BCUT2D eigenvalue weighted by molar-refractivity contribution is 8.00. The Morgan fingerprint density at radius 2 is 2.00 bits per heavy atom. The van der Waals surface area contributed by atoms with E-state index in [2.05, 4.69) is 5.32 Å². The first-order valence-electron chi connectivity index (χ1n) is 10.7. The van der Waals surface area contributed by atoms with Crippen molar-refractivity contribution < 1.29 is 9.53 Å². The molecule has 2 aromatic carbocycles. The van der Waals surface area contributed by atoms with E-state index in [0.29, 0.717) is 46.2 Å². The van der Waals surface area contributed by atoms with Crippen LogP contribution >= 0.6 is 23.1 Å². The zero-order valence-electron chi connectivity index (χ0n) is 18.5. The number of rotatable bonds is 9. The summed E-state index contributed by atoms with van der Waals surface area (Å²) in [4.78, 5) is 31.0. The molecule has 0 fully saturated rings. The maximum atomic E-state index is 13.2. The van der Waals surface area contributed by atoms with Crippen LogP contribution in [0.3, 0.4) is 0 Å². The van der Waals surface area contributed by atoms with E-state index in [4.69, 9.17) is 9.72 Å². The lowest BCUT2D eigenvalue weighted by atomic mass is 10.1. The summed E-state index contributed by atoms with van der Waals surface area (Å²) >= 11 is 2.73. The van der Waals surface area contributed by atoms with Crippen molar-refractivity contribution in [1.82, 2.24) is 9.55 Å². The molecule has 0 unspecified atom stereocenters. The average Bonchev–Trinajstić information content (AvgIpc) is 3.31. The molecule has 0 bridgehead atoms. The predicted octanol–water partition coefficient (Wildman–Crippen LogP) is 5.22. The minimum Gasteiger partial charge on any atom is -0.497 e. The Labute approximate surface area is 200 Å². The molecule has 1 atom stereocenters. The molecule has 1 amide bonds. The number of anilines is 1. The number of hydrogen-bond donors (Lipinski definition) is 1. The monoisotopic (exact) mass is 479 g/mol. The van der Waals surface area contributed by atoms with E-state index in [1.807, 2.05) is 66.9 Å². The van der Waals surface area contributed by atoms with Gasteiger partial charge < -0.3 is 10.1 Å². The van der Waals surface area contributed by atoms with Gasteiger partial charge in [-0.15, -0.1) is 11.3 Å². The van der Waals surface area contributed by atoms with Crippen LogP contribution in [0.1, 0.15) is 18.9 Å². The molecule has 0 aliphatic rings. The van der Waals surface area contributed by atoms with Crippen molar-refractivity contribution in [1.29, 1.82) is 0 Å². The summed E-state index contributed by atoms with van der Waals surface area (Å²) in [6.07, 6.45) is 1.30. The number of hydrogen-bond acceptors (Lipinski definition) is 6. The molecule has 6 nitrogen and oxygen atoms in total. The molecule has 170 valence electrons. The van der Waals surface area contributed by atoms with E-state index in [1.54, 1.807) is 17.7 Å². The SMILES string of the molecule is CC[C@@H](Sc1nc2ccsc2c(=O)n1CCc1ccccc1)C(=O)Nc1cccc(OC)c1. The van der Waals surface area contributed by atoms with E-state index in [1.165, 1.54) is 23.1 Å². The lowest BCUT2D eigenvalue weighted by molar-refractivity contribution is -0.115. The third-order valence-electron chi connectivity index (χ3n) is 5.25. The van der Waals surface area contributed by atoms with Crippen molar-refractivity contribution in [2.75, 3.05) is 12.4 Å². The fraction of sp³-hybridized carbons (Fsp3) is 0.240. The molecule has 0 radical (unpaired) electrons. The highest BCUT2D eigenvalue weighted by Gasteiger charge is 2.22. The minimum atomic E-state index is -0.401. The second-order valence-electron chi connectivity index (χ2n) is 7.46. The summed E-state index contributed by atoms with van der Waals surface area (Å²) in [5.74, 6) is 0.540. The molecule has 4 aromatic rings. The van der Waals surface area contributed by atoms with Gasteiger partial charge >= 0.3 is 0 Å². The topological polar surface area (TPSA) is 73.2 Å². The number of carbonyl (C=O) groups excluding carboxylic acids is 1. The molecule has 33 heavy (non-hydrogen) atoms. The van der Waals surface area contributed by atoms with Gasteiger partial charge in [0.05, 0.1) is 17.9 Å². The fourth-order valence-electron chi connectivity index (χ4n) is 3.47. The number of methoxy groups -OCH3 is 1. The lowest BCUT2D eigenvalue weighted by Crippen LogP contribution is -2.28. The number of carbonyl (C=O) groups is 1. The maximum Gasteiger partial charge on any atom is 0.272 e. The molecular formula is C25H25N3O3S2. The van der Waals surface area contributed by atoms with Gasteiger partial charge in [0.2, 0.25) is 5.91 Å². The Morgan fingerprint density at radius 3 is 2.76 bits per heavy atom. The van der Waals surface area contributed by atoms with Crippen molar-refractivity contribution in [2.24, 2.45) is 0 Å². The van der Waals surface area contributed by atoms with Crippen LogP contribution in [-0.4, -0.2) is 27.8 Å². The molecule has 2 aromatic heterocycles. The molecule has 0 spiro atoms. The van der Waals surface area contributed by atoms with Crippen molar-refractivity contribution >= 4 is 44.9 Å². The van der Waals surface area contributed by atoms with Gasteiger partial charge in [0, 0.05) is 18.3 Å². The number of thiophene rings is 1. The summed E-state index contributed by atoms with van der Waals surface area (Å²) < 4.78 is 7.59. The maximum absolute atomic E-state index is 13.2. The van der Waals surface area contributed by atoms with Crippen LogP contribution in [0.4, 0.5) is 5.69 Å². The number of thioether (sulfide) groups is 1. The first kappa shape index (κ1) is 23.1. The van der Waals surface area contributed by atoms with Gasteiger partial charge in [-0.1, -0.05) is 55.1 Å². The van der Waals surface area contributed by atoms with Crippen LogP contribution in [-0.2, 0) is 17.8 Å². The van der Waals surface area contributed by atoms with E-state index < -0.39 is 5.25 Å². The van der Waals surface area contributed by atoms with Crippen molar-refractivity contribution in [2.45, 2.75) is 36.7 Å². The van der Waals surface area contributed by atoms with Gasteiger partial charge in [0.15, 0.2) is 5.16 Å². The molecule has 1 N–H and O–H groups in total. The highest BCUT2D eigenvalue weighted by Crippen LogP contribution is 2.28. The van der Waals surface area contributed by atoms with Crippen LogP contribution < -0.4 is 15.6 Å². The second-order valence-corrected chi connectivity index (χ2v) is 9.54. The van der Waals surface area contributed by atoms with Gasteiger partial charge in [0.1, 0.15) is 10.4 Å². The highest BCUT2D eigenvalue weighted by atomic mass is 32.2. The summed E-state index contributed by atoms with van der Waals surface area (Å²) in [7, 11) is 1.59. The Morgan fingerprint density at radius 1 is 1.18 bits per heavy atom. The molecule has 4 rings (SSSR count). The number of benzene rings is 2. The number of fused-ring (bicyclic) bond motifs is 1. The van der Waals surface area contributed by atoms with Crippen LogP contribution in [0.2, 0.25) is 0 Å². The fourth-order valence-corrected chi connectivity index (χ4v) is 5.29. The van der Waals surface area contributed by atoms with Crippen LogP contribution in [0.25, 0.3) is 10.2 Å². The molecule has 0 saturated carbocycles. The summed E-state index contributed by atoms with van der Waals surface area (Å²) in [6, 6.07) is 19.2. The summed E-state index contributed by atoms with van der Waals surface area (Å²) in [6.45, 7) is 2.46. The van der Waals surface area contributed by atoms with Crippen molar-refractivity contribution in [3.8, 4) is 5.75 Å². The molecule has 8 heteroatoms. The zero-order valence-corrected chi connectivity index (χ0v) is 20.1. The first-order valence-corrected chi connectivity index (χ1v) is 12.5. The number of ether oxygens (including phenoxy) is 1. The zero-order chi connectivity index (χ0) is 23.2. The van der Waals surface area contributed by atoms with Crippen molar-refractivity contribution in [3.63, 3.8) is 0 Å². The van der Waals surface area contributed by atoms with E-state index in [9.17, 15) is 9.59 Å². The Hall–Kier alpha value is -3.10. The third-order valence-corrected chi connectivity index (χ3v) is 7.49. The Kier molecular flexibility index (Phi) is 7.47. The van der Waals surface area contributed by atoms with Gasteiger partial charge in [0.25, 0.3) is 5.56 Å². The van der Waals surface area contributed by atoms with Gasteiger partial charge in [-0.3, -0.25) is 14.2 Å². The number of nitrogens with zero attached hydrogens (tertiary/aromatic N) is 2. The average molecular weight is 480 g/mol. The second kappa shape index (κ2) is 10.7. The minimum absolute atomic E-state index is 0.0588. The summed E-state index contributed by atoms with van der Waals surface area (Å²) in [5, 5.41) is 5.00. The molecule has 2 heterocycles. The predicted molar refractivity (Wildman–Crippen MR) is 136 cm³/mol. The van der Waals surface area contributed by atoms with E-state index in [0.717, 1.165) is 5.56 Å². The number of aromatic nitrogens is 2. The van der Waals surface area contributed by atoms with E-state index in [-0.39, 0.29) is 11.5 Å². The molecule has 0 aliphatic heterocycles. The first-order chi connectivity index (χ1) is 16.1. The molecule has 0 aliphatic carbocycles. The quantitative estimate of drug-likeness (QED) is 0.263. The largest absolute Gasteiger partial charge is 0.497 e. The van der Waals surface area contributed by atoms with Gasteiger partial charge in [-0.25, -0.2) is 4.98 Å². The number of amides is 1. The molecule has 0 saturated heterocycles. The smallest absolute Gasteiger partial charge is 0.272 e. The number of aryl methyl sites for hydroxylation is 1. The molecular weight excluding hydrogens is 454 g/mol. The van der Waals surface area contributed by atoms with Crippen LogP contribution in [0.15, 0.2) is 76.0 Å². The lowest BCUT2D eigenvalue weighted by Gasteiger charge is -2.18. The Bertz CT molecular complexity index is 1300. The third kappa shape index (κ3) is 5.46. The van der Waals surface area contributed by atoms with Crippen LogP contribution in [0.5, 0.6) is 5.75 Å². The van der Waals surface area contributed by atoms with Crippen LogP contribution in [0, 0.1) is 0 Å². The van der Waals surface area contributed by atoms with Gasteiger partial charge in [-0.2, -0.15) is 0 Å². The number of nitrogens with one attached hydrogen (secondary N) is 1. The van der Waals surface area contributed by atoms with Gasteiger partial charge in [-0.05, 0) is 42.0 Å². The van der Waals surface area contributed by atoms with E-state index >= 15 is 0 Å². The normalized spacial score (nSPS) is 11.9. The Balaban J connectivity index is 1.59. The van der Waals surface area contributed by atoms with Crippen molar-refractivity contribution in [3.05, 3.63) is 82.0 Å². The summed E-state index contributed by atoms with van der Waals surface area (Å²) in [5.41, 5.74) is 2.43. The standard InChI is InChI=1S/C25H25N3O3S2/c1-3-21(23(29)26-18-10-7-11-19(16-18)31-2)33-25-27-20-13-15-32-22(20)24(30)28(25)14-12-17-8-5-4-6-9-17/h4-11,13,15-16,21H,3,12,14H2,1-2H3,(H,26,29)/t21-/m1/s1.